The molecule has 1 aliphatic rings. The van der Waals surface area contributed by atoms with Crippen LogP contribution in [0, 0.1) is 0 Å². The summed E-state index contributed by atoms with van der Waals surface area (Å²) in [6.07, 6.45) is 0. The zero-order valence-corrected chi connectivity index (χ0v) is 11.7. The average molecular weight is 306 g/mol. The summed E-state index contributed by atoms with van der Waals surface area (Å²) >= 11 is 6.05. The number of hydrogen-bond acceptors (Lipinski definition) is 4. The molecule has 0 aromatic heterocycles. The first kappa shape index (κ1) is 13.7. The van der Waals surface area contributed by atoms with Crippen LogP contribution in [0.4, 0.5) is 5.69 Å². The van der Waals surface area contributed by atoms with Crippen molar-refractivity contribution in [3.8, 4) is 11.5 Å². The van der Waals surface area contributed by atoms with Gasteiger partial charge in [0.2, 0.25) is 6.79 Å². The quantitative estimate of drug-likeness (QED) is 0.915. The third-order valence-electron chi connectivity index (χ3n) is 3.08. The molecule has 2 N–H and O–H groups in total. The highest BCUT2D eigenvalue weighted by atomic mass is 35.5. The van der Waals surface area contributed by atoms with Crippen molar-refractivity contribution in [2.75, 3.05) is 12.1 Å². The van der Waals surface area contributed by atoms with Gasteiger partial charge >= 0.3 is 0 Å². The summed E-state index contributed by atoms with van der Waals surface area (Å²) in [7, 11) is 0. The Kier molecular flexibility index (Phi) is 3.68. The van der Waals surface area contributed by atoms with E-state index in [1.54, 1.807) is 30.3 Å². The van der Waals surface area contributed by atoms with Crippen LogP contribution in [0.3, 0.4) is 0 Å². The van der Waals surface area contributed by atoms with E-state index < -0.39 is 0 Å². The minimum absolute atomic E-state index is 0.0357. The minimum Gasteiger partial charge on any atom is -0.454 e. The van der Waals surface area contributed by atoms with Gasteiger partial charge in [0.1, 0.15) is 0 Å². The van der Waals surface area contributed by atoms with E-state index in [1.165, 1.54) is 6.07 Å². The number of aliphatic hydroxyl groups is 1. The van der Waals surface area contributed by atoms with Gasteiger partial charge in [0.05, 0.1) is 11.6 Å². The highest BCUT2D eigenvalue weighted by Gasteiger charge is 2.20. The molecule has 2 aromatic rings. The van der Waals surface area contributed by atoms with Crippen molar-refractivity contribution in [3.63, 3.8) is 0 Å². The molecular formula is C15H12ClNO4. The Bertz CT molecular complexity index is 685. The highest BCUT2D eigenvalue weighted by molar-refractivity contribution is 6.32. The smallest absolute Gasteiger partial charge is 0.255 e. The lowest BCUT2D eigenvalue weighted by Gasteiger charge is -2.07. The number of amides is 1. The molecule has 5 nitrogen and oxygen atoms in total. The first-order chi connectivity index (χ1) is 10.2. The SMILES string of the molecule is O=C(Nc1ccc(CO)cc1)c1cc(Cl)c2c(c1)OCO2. The first-order valence-electron chi connectivity index (χ1n) is 6.27. The Labute approximate surface area is 126 Å². The van der Waals surface area contributed by atoms with E-state index in [4.69, 9.17) is 26.2 Å². The van der Waals surface area contributed by atoms with Crippen LogP contribution in [0.2, 0.25) is 5.02 Å². The number of carbonyl (C=O) groups excluding carboxylic acids is 1. The van der Waals surface area contributed by atoms with Crippen molar-refractivity contribution in [2.45, 2.75) is 6.61 Å². The molecule has 3 rings (SSSR count). The van der Waals surface area contributed by atoms with E-state index in [-0.39, 0.29) is 19.3 Å². The molecule has 21 heavy (non-hydrogen) atoms. The molecule has 0 spiro atoms. The monoisotopic (exact) mass is 305 g/mol. The second-order valence-corrected chi connectivity index (χ2v) is 4.91. The third kappa shape index (κ3) is 2.79. The molecule has 1 aliphatic heterocycles. The molecule has 0 atom stereocenters. The number of rotatable bonds is 3. The summed E-state index contributed by atoms with van der Waals surface area (Å²) in [5.41, 5.74) is 1.79. The molecule has 2 aromatic carbocycles. The summed E-state index contributed by atoms with van der Waals surface area (Å²) in [4.78, 5) is 12.2. The summed E-state index contributed by atoms with van der Waals surface area (Å²) in [5, 5.41) is 12.1. The molecule has 0 saturated heterocycles. The van der Waals surface area contributed by atoms with Crippen molar-refractivity contribution in [2.24, 2.45) is 0 Å². The van der Waals surface area contributed by atoms with E-state index >= 15 is 0 Å². The number of ether oxygens (including phenoxy) is 2. The number of nitrogens with one attached hydrogen (secondary N) is 1. The van der Waals surface area contributed by atoms with Crippen LogP contribution in [0.25, 0.3) is 0 Å². The third-order valence-corrected chi connectivity index (χ3v) is 3.36. The molecule has 108 valence electrons. The average Bonchev–Trinajstić information content (AvgIpc) is 2.97. The molecule has 0 unspecified atom stereocenters. The molecule has 0 saturated carbocycles. The molecule has 0 fully saturated rings. The Morgan fingerprint density at radius 1 is 1.24 bits per heavy atom. The zero-order chi connectivity index (χ0) is 14.8. The van der Waals surface area contributed by atoms with E-state index in [9.17, 15) is 4.79 Å². The van der Waals surface area contributed by atoms with Gasteiger partial charge in [-0.25, -0.2) is 0 Å². The van der Waals surface area contributed by atoms with Crippen molar-refractivity contribution < 1.29 is 19.4 Å². The molecule has 0 aliphatic carbocycles. The second-order valence-electron chi connectivity index (χ2n) is 4.50. The lowest BCUT2D eigenvalue weighted by atomic mass is 10.1. The van der Waals surface area contributed by atoms with Crippen LogP contribution in [-0.4, -0.2) is 17.8 Å². The van der Waals surface area contributed by atoms with Gasteiger partial charge in [0.15, 0.2) is 11.5 Å². The maximum absolute atomic E-state index is 12.2. The van der Waals surface area contributed by atoms with Crippen LogP contribution in [0.15, 0.2) is 36.4 Å². The minimum atomic E-state index is -0.299. The van der Waals surface area contributed by atoms with Crippen molar-refractivity contribution in [1.82, 2.24) is 0 Å². The van der Waals surface area contributed by atoms with Gasteiger partial charge < -0.3 is 19.9 Å². The molecule has 0 bridgehead atoms. The summed E-state index contributed by atoms with van der Waals surface area (Å²) in [5.74, 6) is 0.621. The predicted molar refractivity (Wildman–Crippen MR) is 77.9 cm³/mol. The van der Waals surface area contributed by atoms with Crippen LogP contribution < -0.4 is 14.8 Å². The lowest BCUT2D eigenvalue weighted by Crippen LogP contribution is -2.11. The maximum Gasteiger partial charge on any atom is 0.255 e. The number of carbonyl (C=O) groups is 1. The molecule has 6 heteroatoms. The normalized spacial score (nSPS) is 12.3. The summed E-state index contributed by atoms with van der Waals surface area (Å²) in [6.45, 7) is 0.0642. The largest absolute Gasteiger partial charge is 0.454 e. The number of halogens is 1. The number of fused-ring (bicyclic) bond motifs is 1. The first-order valence-corrected chi connectivity index (χ1v) is 6.65. The topological polar surface area (TPSA) is 67.8 Å². The standard InChI is InChI=1S/C15H12ClNO4/c16-12-5-10(6-13-14(12)21-8-20-13)15(19)17-11-3-1-9(7-18)2-4-11/h1-6,18H,7-8H2,(H,17,19). The van der Waals surface area contributed by atoms with Crippen molar-refractivity contribution in [1.29, 1.82) is 0 Å². The lowest BCUT2D eigenvalue weighted by molar-refractivity contribution is 0.102. The van der Waals surface area contributed by atoms with E-state index in [0.717, 1.165) is 5.56 Å². The Morgan fingerprint density at radius 2 is 2.00 bits per heavy atom. The van der Waals surface area contributed by atoms with Gasteiger partial charge in [-0.15, -0.1) is 0 Å². The van der Waals surface area contributed by atoms with Gasteiger partial charge in [-0.2, -0.15) is 0 Å². The number of hydrogen-bond donors (Lipinski definition) is 2. The van der Waals surface area contributed by atoms with E-state index in [1.807, 2.05) is 0 Å². The zero-order valence-electron chi connectivity index (χ0n) is 10.9. The van der Waals surface area contributed by atoms with E-state index in [2.05, 4.69) is 5.32 Å². The fourth-order valence-corrected chi connectivity index (χ4v) is 2.26. The number of benzene rings is 2. The Hall–Kier alpha value is -2.24. The second kappa shape index (κ2) is 5.63. The molecular weight excluding hydrogens is 294 g/mol. The van der Waals surface area contributed by atoms with Gasteiger partial charge in [-0.3, -0.25) is 4.79 Å². The van der Waals surface area contributed by atoms with Crippen molar-refractivity contribution >= 4 is 23.2 Å². The van der Waals surface area contributed by atoms with Gasteiger partial charge in [0, 0.05) is 11.3 Å². The van der Waals surface area contributed by atoms with Crippen molar-refractivity contribution in [3.05, 3.63) is 52.5 Å². The van der Waals surface area contributed by atoms with Crippen LogP contribution in [0.1, 0.15) is 15.9 Å². The number of aliphatic hydroxyl groups excluding tert-OH is 1. The summed E-state index contributed by atoms with van der Waals surface area (Å²) in [6, 6.07) is 10.0. The Morgan fingerprint density at radius 3 is 2.71 bits per heavy atom. The van der Waals surface area contributed by atoms with Crippen LogP contribution in [-0.2, 0) is 6.61 Å². The maximum atomic E-state index is 12.2. The molecule has 0 radical (unpaired) electrons. The molecule has 1 heterocycles. The summed E-state index contributed by atoms with van der Waals surface area (Å²) < 4.78 is 10.4. The molecule has 1 amide bonds. The Balaban J connectivity index is 1.80. The van der Waals surface area contributed by atoms with Gasteiger partial charge in [0.25, 0.3) is 5.91 Å². The highest BCUT2D eigenvalue weighted by Crippen LogP contribution is 2.39. The number of anilines is 1. The predicted octanol–water partition coefficient (Wildman–Crippen LogP) is 2.81. The fraction of sp³-hybridized carbons (Fsp3) is 0.133. The van der Waals surface area contributed by atoms with Gasteiger partial charge in [-0.05, 0) is 29.8 Å². The van der Waals surface area contributed by atoms with Crippen LogP contribution in [0.5, 0.6) is 11.5 Å². The van der Waals surface area contributed by atoms with Crippen LogP contribution >= 0.6 is 11.6 Å². The van der Waals surface area contributed by atoms with E-state index in [0.29, 0.717) is 27.8 Å². The van der Waals surface area contributed by atoms with Gasteiger partial charge in [-0.1, -0.05) is 23.7 Å². The fourth-order valence-electron chi connectivity index (χ4n) is 2.00.